The second kappa shape index (κ2) is 36.6. The van der Waals surface area contributed by atoms with Gasteiger partial charge >= 0.3 is 19.8 Å². The van der Waals surface area contributed by atoms with Crippen molar-refractivity contribution in [2.45, 2.75) is 199 Å². The number of phosphoric acid groups is 1. The summed E-state index contributed by atoms with van der Waals surface area (Å²) in [4.78, 5) is 42.8. The van der Waals surface area contributed by atoms with E-state index in [1.807, 2.05) is 12.2 Å². The number of allylic oxidation sites excluding steroid dienone is 5. The van der Waals surface area contributed by atoms with Gasteiger partial charge in [0.05, 0.1) is 12.7 Å². The summed E-state index contributed by atoms with van der Waals surface area (Å²) in [6, 6.07) is 0. The first-order valence-electron chi connectivity index (χ1n) is 20.4. The summed E-state index contributed by atoms with van der Waals surface area (Å²) in [6.45, 7) is 3.52. The molecule has 0 aliphatic rings. The van der Waals surface area contributed by atoms with Crippen LogP contribution in [-0.4, -0.2) is 52.3 Å². The lowest BCUT2D eigenvalue weighted by molar-refractivity contribution is -0.161. The predicted molar refractivity (Wildman–Crippen MR) is 208 cm³/mol. The van der Waals surface area contributed by atoms with Gasteiger partial charge in [0, 0.05) is 12.8 Å². The van der Waals surface area contributed by atoms with Gasteiger partial charge in [0.1, 0.15) is 6.61 Å². The van der Waals surface area contributed by atoms with Crippen LogP contribution < -0.4 is 0 Å². The molecule has 0 radical (unpaired) electrons. The van der Waals surface area contributed by atoms with E-state index in [4.69, 9.17) is 19.3 Å². The van der Waals surface area contributed by atoms with Gasteiger partial charge in [-0.2, -0.15) is 0 Å². The Hall–Kier alpha value is -1.77. The van der Waals surface area contributed by atoms with Crippen molar-refractivity contribution in [2.24, 2.45) is 0 Å². The molecule has 0 saturated heterocycles. The maximum atomic E-state index is 12.4. The molecule has 0 spiro atoms. The molecule has 0 aliphatic heterocycles. The minimum atomic E-state index is -4.79. The molecule has 298 valence electrons. The van der Waals surface area contributed by atoms with Gasteiger partial charge in [-0.25, -0.2) is 4.57 Å². The fraction of sp³-hybridized carbons (Fsp3) is 0.805. The largest absolute Gasteiger partial charge is 0.469 e. The van der Waals surface area contributed by atoms with Crippen LogP contribution in [0.1, 0.15) is 187 Å². The number of phosphoric ester groups is 1. The number of unbranched alkanes of at least 4 members (excludes halogenated alkanes) is 20. The first kappa shape index (κ1) is 49.2. The zero-order chi connectivity index (χ0) is 37.7. The average molecular weight is 743 g/mol. The van der Waals surface area contributed by atoms with Gasteiger partial charge in [-0.15, -0.1) is 0 Å². The Morgan fingerprint density at radius 3 is 1.67 bits per heavy atom. The molecular weight excluding hydrogens is 667 g/mol. The van der Waals surface area contributed by atoms with Crippen molar-refractivity contribution >= 4 is 19.8 Å². The SMILES string of the molecule is CCCCCCCC/C=C/C/C=C/C=C/C(O)CCCC(=O)OC[C@H](COP(=O)(O)O)OC(=O)CCCCCCCCCCCCCCCCC. The quantitative estimate of drug-likeness (QED) is 0.0186. The van der Waals surface area contributed by atoms with E-state index in [-0.39, 0.29) is 19.4 Å². The van der Waals surface area contributed by atoms with Crippen LogP contribution in [0.5, 0.6) is 0 Å². The van der Waals surface area contributed by atoms with Gasteiger partial charge < -0.3 is 24.4 Å². The van der Waals surface area contributed by atoms with E-state index < -0.39 is 38.6 Å². The van der Waals surface area contributed by atoms with Crippen LogP contribution in [0, 0.1) is 0 Å². The molecule has 0 heterocycles. The van der Waals surface area contributed by atoms with Crippen molar-refractivity contribution in [3.8, 4) is 0 Å². The van der Waals surface area contributed by atoms with Gasteiger partial charge in [0.25, 0.3) is 0 Å². The van der Waals surface area contributed by atoms with Gasteiger partial charge in [-0.1, -0.05) is 172 Å². The summed E-state index contributed by atoms with van der Waals surface area (Å²) in [5.41, 5.74) is 0. The molecule has 10 heteroatoms. The molecule has 51 heavy (non-hydrogen) atoms. The van der Waals surface area contributed by atoms with Crippen LogP contribution in [0.3, 0.4) is 0 Å². The van der Waals surface area contributed by atoms with Crippen molar-refractivity contribution in [1.82, 2.24) is 0 Å². The number of ether oxygens (including phenoxy) is 2. The summed E-state index contributed by atoms with van der Waals surface area (Å²) in [6.07, 6.45) is 39.0. The highest BCUT2D eigenvalue weighted by Crippen LogP contribution is 2.36. The summed E-state index contributed by atoms with van der Waals surface area (Å²) in [5, 5.41) is 10.2. The topological polar surface area (TPSA) is 140 Å². The number of carbonyl (C=O) groups is 2. The molecular formula is C41H75O9P. The number of aliphatic hydroxyl groups excluding tert-OH is 1. The summed E-state index contributed by atoms with van der Waals surface area (Å²) in [5.74, 6) is -1.08. The van der Waals surface area contributed by atoms with E-state index in [0.717, 1.165) is 32.1 Å². The third-order valence-electron chi connectivity index (χ3n) is 8.77. The number of esters is 2. The van der Waals surface area contributed by atoms with Crippen LogP contribution in [0.4, 0.5) is 0 Å². The first-order chi connectivity index (χ1) is 24.7. The second-order valence-corrected chi connectivity index (χ2v) is 15.1. The van der Waals surface area contributed by atoms with Crippen LogP contribution in [0.25, 0.3) is 0 Å². The van der Waals surface area contributed by atoms with E-state index in [0.29, 0.717) is 19.3 Å². The Bertz CT molecular complexity index is 943. The maximum absolute atomic E-state index is 12.4. The van der Waals surface area contributed by atoms with E-state index in [9.17, 15) is 19.3 Å². The molecule has 0 saturated carbocycles. The first-order valence-corrected chi connectivity index (χ1v) is 21.9. The Labute approximate surface area is 311 Å². The lowest BCUT2D eigenvalue weighted by Gasteiger charge is -2.18. The molecule has 9 nitrogen and oxygen atoms in total. The highest BCUT2D eigenvalue weighted by molar-refractivity contribution is 7.46. The van der Waals surface area contributed by atoms with Crippen molar-refractivity contribution in [3.63, 3.8) is 0 Å². The molecule has 1 unspecified atom stereocenters. The van der Waals surface area contributed by atoms with Crippen LogP contribution in [0.15, 0.2) is 36.5 Å². The molecule has 0 aromatic heterocycles. The fourth-order valence-corrected chi connectivity index (χ4v) is 6.04. The van der Waals surface area contributed by atoms with Crippen LogP contribution >= 0.6 is 7.82 Å². The van der Waals surface area contributed by atoms with Crippen LogP contribution in [-0.2, 0) is 28.2 Å². The number of hydrogen-bond acceptors (Lipinski definition) is 7. The van der Waals surface area contributed by atoms with Crippen molar-refractivity contribution in [3.05, 3.63) is 36.5 Å². The van der Waals surface area contributed by atoms with E-state index >= 15 is 0 Å². The molecule has 2 atom stereocenters. The number of hydrogen-bond donors (Lipinski definition) is 3. The predicted octanol–water partition coefficient (Wildman–Crippen LogP) is 11.2. The average Bonchev–Trinajstić information content (AvgIpc) is 3.09. The minimum absolute atomic E-state index is 0.0449. The van der Waals surface area contributed by atoms with E-state index in [2.05, 4.69) is 30.5 Å². The number of carbonyl (C=O) groups excluding carboxylic acids is 2. The highest BCUT2D eigenvalue weighted by atomic mass is 31.2. The molecule has 3 N–H and O–H groups in total. The molecule has 0 amide bonds. The number of aliphatic hydroxyl groups is 1. The molecule has 0 fully saturated rings. The third kappa shape index (κ3) is 39.3. The van der Waals surface area contributed by atoms with Crippen molar-refractivity contribution in [1.29, 1.82) is 0 Å². The van der Waals surface area contributed by atoms with Gasteiger partial charge in [-0.05, 0) is 38.5 Å². The Balaban J connectivity index is 4.11. The Morgan fingerprint density at radius 2 is 1.12 bits per heavy atom. The van der Waals surface area contributed by atoms with E-state index in [1.54, 1.807) is 12.2 Å². The van der Waals surface area contributed by atoms with Crippen LogP contribution in [0.2, 0.25) is 0 Å². The standard InChI is InChI=1S/C41H75O9P/c1-3-5-7-9-11-13-15-17-18-20-22-24-26-28-30-34-41(44)50-39(37-49-51(45,46)47)36-48-40(43)35-31-33-38(42)32-29-27-25-23-21-19-16-14-12-10-8-6-4-2/h19,21,25,27,29,32,38-39,42H,3-18,20,22-24,26,28,30-31,33-37H2,1-2H3,(H2,45,46,47)/b21-19+,27-25+,32-29+/t38?,39-/m1/s1. The van der Waals surface area contributed by atoms with Gasteiger partial charge in [0.15, 0.2) is 6.10 Å². The summed E-state index contributed by atoms with van der Waals surface area (Å²) in [7, 11) is -4.79. The lowest BCUT2D eigenvalue weighted by atomic mass is 10.0. The fourth-order valence-electron chi connectivity index (χ4n) is 5.68. The highest BCUT2D eigenvalue weighted by Gasteiger charge is 2.23. The Morgan fingerprint density at radius 1 is 0.608 bits per heavy atom. The maximum Gasteiger partial charge on any atom is 0.469 e. The zero-order valence-corrected chi connectivity index (χ0v) is 33.3. The number of rotatable bonds is 37. The molecule has 0 aromatic carbocycles. The lowest BCUT2D eigenvalue weighted by Crippen LogP contribution is -2.29. The third-order valence-corrected chi connectivity index (χ3v) is 9.25. The molecule has 0 aromatic rings. The van der Waals surface area contributed by atoms with Crippen molar-refractivity contribution in [2.75, 3.05) is 13.2 Å². The zero-order valence-electron chi connectivity index (χ0n) is 32.4. The molecule has 0 bridgehead atoms. The Kier molecular flexibility index (Phi) is 35.3. The van der Waals surface area contributed by atoms with E-state index in [1.165, 1.54) is 109 Å². The van der Waals surface area contributed by atoms with Crippen molar-refractivity contribution < 1.29 is 43.0 Å². The minimum Gasteiger partial charge on any atom is -0.462 e. The molecule has 0 rings (SSSR count). The summed E-state index contributed by atoms with van der Waals surface area (Å²) < 4.78 is 26.2. The van der Waals surface area contributed by atoms with Gasteiger partial charge in [0.2, 0.25) is 0 Å². The normalized spacial score (nSPS) is 13.4. The summed E-state index contributed by atoms with van der Waals surface area (Å²) >= 11 is 0. The second-order valence-electron chi connectivity index (χ2n) is 13.8. The molecule has 0 aliphatic carbocycles. The smallest absolute Gasteiger partial charge is 0.462 e. The van der Waals surface area contributed by atoms with Gasteiger partial charge in [-0.3, -0.25) is 14.1 Å². The monoisotopic (exact) mass is 743 g/mol.